The third kappa shape index (κ3) is 2.64. The van der Waals surface area contributed by atoms with Gasteiger partial charge in [0.2, 0.25) is 0 Å². The topological polar surface area (TPSA) is 26.0 Å². The summed E-state index contributed by atoms with van der Waals surface area (Å²) in [5, 5.41) is 0. The van der Waals surface area contributed by atoms with Gasteiger partial charge in [-0.2, -0.15) is 0 Å². The molecule has 0 atom stereocenters. The van der Waals surface area contributed by atoms with E-state index >= 15 is 0 Å². The van der Waals surface area contributed by atoms with Crippen LogP contribution in [0.2, 0.25) is 0 Å². The second kappa shape index (κ2) is 4.84. The molecule has 0 saturated carbocycles. The number of hydrogen-bond acceptors (Lipinski definition) is 2. The molecule has 0 aliphatic carbocycles. The molecule has 0 amide bonds. The molecule has 0 saturated heterocycles. The van der Waals surface area contributed by atoms with E-state index in [9.17, 15) is 0 Å². The minimum Gasteiger partial charge on any atom is -0.398 e. The smallest absolute Gasteiger partial charge is 0.0485 e. The number of nitrogens with two attached hydrogens (primary N) is 1. The van der Waals surface area contributed by atoms with Gasteiger partial charge in [0.05, 0.1) is 0 Å². The summed E-state index contributed by atoms with van der Waals surface area (Å²) in [6.07, 6.45) is 0. The maximum Gasteiger partial charge on any atom is 0.0485 e. The van der Waals surface area contributed by atoms with Crippen molar-refractivity contribution in [2.75, 3.05) is 5.73 Å². The molecule has 1 nitrogen and oxygen atoms in total. The minimum absolute atomic E-state index is 0.885. The van der Waals surface area contributed by atoms with Gasteiger partial charge in [-0.3, -0.25) is 0 Å². The fourth-order valence-corrected chi connectivity index (χ4v) is 2.69. The zero-order valence-corrected chi connectivity index (χ0v) is 11.3. The molecule has 2 rings (SSSR count). The normalized spacial score (nSPS) is 10.5. The highest BCUT2D eigenvalue weighted by Crippen LogP contribution is 2.34. The van der Waals surface area contributed by atoms with Gasteiger partial charge < -0.3 is 5.73 Å². The molecule has 0 spiro atoms. The summed E-state index contributed by atoms with van der Waals surface area (Å²) in [6.45, 7) is 6.31. The molecule has 0 bridgehead atoms. The number of rotatable bonds is 2. The summed E-state index contributed by atoms with van der Waals surface area (Å²) < 4.78 is 0. The fourth-order valence-electron chi connectivity index (χ4n) is 1.65. The summed E-state index contributed by atoms with van der Waals surface area (Å²) in [5.41, 5.74) is 10.7. The van der Waals surface area contributed by atoms with Crippen molar-refractivity contribution in [2.45, 2.75) is 30.6 Å². The Morgan fingerprint density at radius 3 is 2.35 bits per heavy atom. The van der Waals surface area contributed by atoms with E-state index in [-0.39, 0.29) is 0 Å². The molecule has 0 aromatic heterocycles. The molecule has 0 aliphatic rings. The van der Waals surface area contributed by atoms with Crippen LogP contribution >= 0.6 is 11.8 Å². The lowest BCUT2D eigenvalue weighted by Gasteiger charge is -2.09. The van der Waals surface area contributed by atoms with Crippen molar-refractivity contribution >= 4 is 17.4 Å². The van der Waals surface area contributed by atoms with Crippen molar-refractivity contribution in [1.82, 2.24) is 0 Å². The highest BCUT2D eigenvalue weighted by molar-refractivity contribution is 7.99. The first-order valence-electron chi connectivity index (χ1n) is 5.68. The van der Waals surface area contributed by atoms with Gasteiger partial charge in [-0.25, -0.2) is 0 Å². The van der Waals surface area contributed by atoms with Gasteiger partial charge in [0.1, 0.15) is 0 Å². The second-order valence-corrected chi connectivity index (χ2v) is 5.45. The summed E-state index contributed by atoms with van der Waals surface area (Å²) in [7, 11) is 0. The van der Waals surface area contributed by atoms with Crippen molar-refractivity contribution in [3.05, 3.63) is 53.1 Å². The number of para-hydroxylation sites is 1. The molecule has 2 aromatic carbocycles. The van der Waals surface area contributed by atoms with Crippen LogP contribution in [0.4, 0.5) is 5.69 Å². The van der Waals surface area contributed by atoms with Crippen LogP contribution < -0.4 is 5.73 Å². The molecule has 0 heterocycles. The predicted octanol–water partition coefficient (Wildman–Crippen LogP) is 4.35. The lowest BCUT2D eigenvalue weighted by Crippen LogP contribution is -1.92. The van der Waals surface area contributed by atoms with E-state index in [2.05, 4.69) is 44.2 Å². The third-order valence-electron chi connectivity index (χ3n) is 2.99. The Labute approximate surface area is 107 Å². The van der Waals surface area contributed by atoms with Gasteiger partial charge in [0.25, 0.3) is 0 Å². The summed E-state index contributed by atoms with van der Waals surface area (Å²) >= 11 is 1.73. The maximum absolute atomic E-state index is 6.08. The van der Waals surface area contributed by atoms with Crippen LogP contribution in [0.3, 0.4) is 0 Å². The van der Waals surface area contributed by atoms with Crippen LogP contribution in [0.5, 0.6) is 0 Å². The molecular formula is C15H17NS. The Hall–Kier alpha value is -1.41. The Morgan fingerprint density at radius 2 is 1.65 bits per heavy atom. The largest absolute Gasteiger partial charge is 0.398 e. The molecule has 2 N–H and O–H groups in total. The number of aryl methyl sites for hydroxylation is 3. The standard InChI is InChI=1S/C15H17NS/c1-10-7-8-13(9-12(10)3)17-14-6-4-5-11(2)15(14)16/h4-9H,16H2,1-3H3. The zero-order chi connectivity index (χ0) is 12.4. The van der Waals surface area contributed by atoms with Crippen molar-refractivity contribution in [2.24, 2.45) is 0 Å². The van der Waals surface area contributed by atoms with E-state index in [4.69, 9.17) is 5.73 Å². The van der Waals surface area contributed by atoms with Crippen LogP contribution in [-0.2, 0) is 0 Å². The van der Waals surface area contributed by atoms with E-state index in [1.165, 1.54) is 16.0 Å². The highest BCUT2D eigenvalue weighted by Gasteiger charge is 2.04. The van der Waals surface area contributed by atoms with E-state index in [1.54, 1.807) is 11.8 Å². The van der Waals surface area contributed by atoms with Crippen LogP contribution in [0.1, 0.15) is 16.7 Å². The Bertz CT molecular complexity index is 547. The second-order valence-electron chi connectivity index (χ2n) is 4.33. The van der Waals surface area contributed by atoms with Gasteiger partial charge in [0, 0.05) is 15.5 Å². The maximum atomic E-state index is 6.08. The van der Waals surface area contributed by atoms with Crippen LogP contribution in [-0.4, -0.2) is 0 Å². The molecule has 0 aliphatic heterocycles. The summed E-state index contributed by atoms with van der Waals surface area (Å²) in [4.78, 5) is 2.37. The minimum atomic E-state index is 0.885. The molecular weight excluding hydrogens is 226 g/mol. The third-order valence-corrected chi connectivity index (χ3v) is 4.06. The first kappa shape index (κ1) is 12.1. The van der Waals surface area contributed by atoms with E-state index in [0.717, 1.165) is 16.1 Å². The molecule has 0 radical (unpaired) electrons. The SMILES string of the molecule is Cc1ccc(Sc2cccc(C)c2N)cc1C. The Morgan fingerprint density at radius 1 is 0.882 bits per heavy atom. The molecule has 0 unspecified atom stereocenters. The van der Waals surface area contributed by atoms with Crippen molar-refractivity contribution < 1.29 is 0 Å². The predicted molar refractivity (Wildman–Crippen MR) is 75.6 cm³/mol. The summed E-state index contributed by atoms with van der Waals surface area (Å²) in [6, 6.07) is 12.7. The fraction of sp³-hybridized carbons (Fsp3) is 0.200. The molecule has 17 heavy (non-hydrogen) atoms. The van der Waals surface area contributed by atoms with Crippen LogP contribution in [0.25, 0.3) is 0 Å². The van der Waals surface area contributed by atoms with E-state index in [0.29, 0.717) is 0 Å². The Balaban J connectivity index is 2.31. The van der Waals surface area contributed by atoms with Crippen molar-refractivity contribution in [3.63, 3.8) is 0 Å². The summed E-state index contributed by atoms with van der Waals surface area (Å²) in [5.74, 6) is 0. The monoisotopic (exact) mass is 243 g/mol. The Kier molecular flexibility index (Phi) is 3.43. The average molecular weight is 243 g/mol. The number of benzene rings is 2. The zero-order valence-electron chi connectivity index (χ0n) is 10.4. The first-order chi connectivity index (χ1) is 8.08. The number of anilines is 1. The molecule has 2 aromatic rings. The number of nitrogen functional groups attached to an aromatic ring is 1. The van der Waals surface area contributed by atoms with Gasteiger partial charge in [-0.15, -0.1) is 0 Å². The van der Waals surface area contributed by atoms with Crippen LogP contribution in [0, 0.1) is 20.8 Å². The molecule has 88 valence electrons. The average Bonchev–Trinajstić information content (AvgIpc) is 2.30. The van der Waals surface area contributed by atoms with E-state index in [1.807, 2.05) is 13.0 Å². The van der Waals surface area contributed by atoms with Gasteiger partial charge in [0.15, 0.2) is 0 Å². The lowest BCUT2D eigenvalue weighted by atomic mass is 10.1. The van der Waals surface area contributed by atoms with Crippen molar-refractivity contribution in [3.8, 4) is 0 Å². The van der Waals surface area contributed by atoms with Gasteiger partial charge >= 0.3 is 0 Å². The first-order valence-corrected chi connectivity index (χ1v) is 6.50. The van der Waals surface area contributed by atoms with E-state index < -0.39 is 0 Å². The number of hydrogen-bond donors (Lipinski definition) is 1. The molecule has 2 heteroatoms. The van der Waals surface area contributed by atoms with Crippen molar-refractivity contribution in [1.29, 1.82) is 0 Å². The van der Waals surface area contributed by atoms with Gasteiger partial charge in [-0.05, 0) is 55.7 Å². The highest BCUT2D eigenvalue weighted by atomic mass is 32.2. The lowest BCUT2D eigenvalue weighted by molar-refractivity contribution is 1.27. The van der Waals surface area contributed by atoms with Gasteiger partial charge in [-0.1, -0.05) is 30.0 Å². The quantitative estimate of drug-likeness (QED) is 0.794. The van der Waals surface area contributed by atoms with Crippen LogP contribution in [0.15, 0.2) is 46.2 Å². The molecule has 0 fully saturated rings.